The van der Waals surface area contributed by atoms with Gasteiger partial charge in [-0.15, -0.1) is 11.3 Å². The van der Waals surface area contributed by atoms with Crippen molar-refractivity contribution in [3.63, 3.8) is 0 Å². The number of thiophene rings is 1. The van der Waals surface area contributed by atoms with Gasteiger partial charge in [-0.1, -0.05) is 28.1 Å². The van der Waals surface area contributed by atoms with Crippen LogP contribution in [0.2, 0.25) is 0 Å². The molecule has 1 fully saturated rings. The van der Waals surface area contributed by atoms with Crippen LogP contribution in [0.15, 0.2) is 40.4 Å². The molecule has 108 valence electrons. The first kappa shape index (κ1) is 13.5. The second-order valence-corrected chi connectivity index (χ2v) is 7.61. The van der Waals surface area contributed by atoms with Gasteiger partial charge in [-0.3, -0.25) is 9.69 Å². The van der Waals surface area contributed by atoms with Crippen LogP contribution in [0.25, 0.3) is 10.1 Å². The molecule has 0 spiro atoms. The smallest absolute Gasteiger partial charge is 0.261 e. The molecule has 3 aliphatic heterocycles. The molecule has 5 rings (SSSR count). The summed E-state index contributed by atoms with van der Waals surface area (Å²) >= 11 is 5.03. The number of hydrogen-bond donors (Lipinski definition) is 1. The quantitative estimate of drug-likeness (QED) is 0.830. The van der Waals surface area contributed by atoms with Crippen molar-refractivity contribution in [3.8, 4) is 0 Å². The summed E-state index contributed by atoms with van der Waals surface area (Å²) in [6.45, 7) is 3.13. The van der Waals surface area contributed by atoms with Crippen molar-refractivity contribution in [2.24, 2.45) is 0 Å². The number of hydrogen-bond acceptors (Lipinski definition) is 3. The van der Waals surface area contributed by atoms with Crippen molar-refractivity contribution >= 4 is 43.3 Å². The number of carbonyl (C=O) groups excluding carboxylic acids is 1. The maximum atomic E-state index is 12.5. The van der Waals surface area contributed by atoms with E-state index in [1.807, 2.05) is 18.2 Å². The van der Waals surface area contributed by atoms with E-state index < -0.39 is 0 Å². The molecule has 2 atom stereocenters. The van der Waals surface area contributed by atoms with E-state index in [2.05, 4.69) is 38.3 Å². The molecule has 1 aromatic heterocycles. The number of benzene rings is 1. The third-order valence-electron chi connectivity index (χ3n) is 4.23. The summed E-state index contributed by atoms with van der Waals surface area (Å²) < 4.78 is 2.19. The normalized spacial score (nSPS) is 24.1. The Morgan fingerprint density at radius 2 is 2.29 bits per heavy atom. The SMILES string of the molecule is O=C(N[C@H]1CN2CC=C1CC2)c1cc2ccc(Br)cc2s1. The van der Waals surface area contributed by atoms with Crippen LogP contribution in [-0.4, -0.2) is 36.5 Å². The molecule has 0 aliphatic carbocycles. The topological polar surface area (TPSA) is 32.3 Å². The number of nitrogens with zero attached hydrogens (tertiary/aromatic N) is 1. The van der Waals surface area contributed by atoms with E-state index in [1.54, 1.807) is 11.3 Å². The van der Waals surface area contributed by atoms with Gasteiger partial charge in [-0.25, -0.2) is 0 Å². The van der Waals surface area contributed by atoms with Gasteiger partial charge in [0, 0.05) is 28.8 Å². The summed E-state index contributed by atoms with van der Waals surface area (Å²) in [5.41, 5.74) is 1.40. The van der Waals surface area contributed by atoms with Crippen LogP contribution < -0.4 is 5.32 Å². The van der Waals surface area contributed by atoms with Gasteiger partial charge < -0.3 is 5.32 Å². The first-order chi connectivity index (χ1) is 10.2. The highest BCUT2D eigenvalue weighted by molar-refractivity contribution is 9.10. The molecule has 1 amide bonds. The molecule has 2 aromatic rings. The van der Waals surface area contributed by atoms with Crippen LogP contribution in [0.4, 0.5) is 0 Å². The molecular weight excluding hydrogens is 348 g/mol. The van der Waals surface area contributed by atoms with Crippen molar-refractivity contribution in [1.82, 2.24) is 10.2 Å². The molecule has 0 saturated carbocycles. The highest BCUT2D eigenvalue weighted by atomic mass is 79.9. The number of nitrogens with one attached hydrogen (secondary N) is 1. The lowest BCUT2D eigenvalue weighted by Gasteiger charge is -2.39. The predicted molar refractivity (Wildman–Crippen MR) is 89.9 cm³/mol. The number of carbonyl (C=O) groups is 1. The lowest BCUT2D eigenvalue weighted by molar-refractivity contribution is 0.0925. The Kier molecular flexibility index (Phi) is 3.36. The maximum Gasteiger partial charge on any atom is 0.261 e. The van der Waals surface area contributed by atoms with Gasteiger partial charge in [0.25, 0.3) is 5.91 Å². The fourth-order valence-corrected chi connectivity index (χ4v) is 4.59. The predicted octanol–water partition coefficient (Wildman–Crippen LogP) is 3.41. The van der Waals surface area contributed by atoms with E-state index in [1.165, 1.54) is 5.57 Å². The van der Waals surface area contributed by atoms with Gasteiger partial charge in [0.05, 0.1) is 10.9 Å². The second-order valence-electron chi connectivity index (χ2n) is 5.61. The minimum absolute atomic E-state index is 0.0481. The Morgan fingerprint density at radius 1 is 1.38 bits per heavy atom. The van der Waals surface area contributed by atoms with E-state index in [-0.39, 0.29) is 11.9 Å². The lowest BCUT2D eigenvalue weighted by atomic mass is 9.94. The number of piperidine rings is 1. The molecule has 1 aromatic carbocycles. The second kappa shape index (κ2) is 5.23. The third kappa shape index (κ3) is 2.54. The van der Waals surface area contributed by atoms with Crippen LogP contribution in [-0.2, 0) is 0 Å². The average Bonchev–Trinajstić information content (AvgIpc) is 2.91. The Bertz CT molecular complexity index is 752. The Balaban J connectivity index is 1.56. The van der Waals surface area contributed by atoms with E-state index in [9.17, 15) is 4.79 Å². The summed E-state index contributed by atoms with van der Waals surface area (Å²) in [6.07, 6.45) is 3.35. The van der Waals surface area contributed by atoms with Crippen LogP contribution in [0.1, 0.15) is 16.1 Å². The van der Waals surface area contributed by atoms with Gasteiger partial charge in [-0.2, -0.15) is 0 Å². The summed E-state index contributed by atoms with van der Waals surface area (Å²) in [7, 11) is 0. The minimum Gasteiger partial charge on any atom is -0.344 e. The van der Waals surface area contributed by atoms with Crippen molar-refractivity contribution < 1.29 is 4.79 Å². The molecule has 1 unspecified atom stereocenters. The monoisotopic (exact) mass is 362 g/mol. The van der Waals surface area contributed by atoms with Gasteiger partial charge in [-0.05, 0) is 35.6 Å². The van der Waals surface area contributed by atoms with Crippen molar-refractivity contribution in [1.29, 1.82) is 0 Å². The first-order valence-corrected chi connectivity index (χ1v) is 8.71. The van der Waals surface area contributed by atoms with Crippen molar-refractivity contribution in [3.05, 3.63) is 45.3 Å². The van der Waals surface area contributed by atoms with Gasteiger partial charge >= 0.3 is 0 Å². The highest BCUT2D eigenvalue weighted by Gasteiger charge is 2.29. The van der Waals surface area contributed by atoms with Gasteiger partial charge in [0.1, 0.15) is 0 Å². The first-order valence-electron chi connectivity index (χ1n) is 7.10. The molecule has 4 heterocycles. The van der Waals surface area contributed by atoms with E-state index in [4.69, 9.17) is 0 Å². The van der Waals surface area contributed by atoms with Crippen molar-refractivity contribution in [2.75, 3.05) is 19.6 Å². The zero-order valence-corrected chi connectivity index (χ0v) is 13.8. The van der Waals surface area contributed by atoms with Crippen LogP contribution in [0, 0.1) is 0 Å². The molecule has 3 aliphatic rings. The largest absolute Gasteiger partial charge is 0.344 e. The maximum absolute atomic E-state index is 12.5. The molecule has 21 heavy (non-hydrogen) atoms. The minimum atomic E-state index is 0.0481. The number of amides is 1. The van der Waals surface area contributed by atoms with E-state index in [0.717, 1.165) is 45.5 Å². The van der Waals surface area contributed by atoms with E-state index >= 15 is 0 Å². The molecule has 2 bridgehead atoms. The lowest BCUT2D eigenvalue weighted by Crippen LogP contribution is -2.51. The molecule has 5 heteroatoms. The fourth-order valence-electron chi connectivity index (χ4n) is 3.07. The molecule has 1 saturated heterocycles. The summed E-state index contributed by atoms with van der Waals surface area (Å²) in [5.74, 6) is 0.0481. The zero-order chi connectivity index (χ0) is 14.4. The van der Waals surface area contributed by atoms with Gasteiger partial charge in [0.15, 0.2) is 0 Å². The summed E-state index contributed by atoms with van der Waals surface area (Å²) in [4.78, 5) is 15.7. The number of fused-ring (bicyclic) bond motifs is 4. The zero-order valence-electron chi connectivity index (χ0n) is 11.4. The number of halogens is 1. The van der Waals surface area contributed by atoms with Gasteiger partial charge in [0.2, 0.25) is 0 Å². The molecule has 1 N–H and O–H groups in total. The Labute approximate surface area is 135 Å². The molecule has 0 radical (unpaired) electrons. The van der Waals surface area contributed by atoms with Crippen LogP contribution in [0.3, 0.4) is 0 Å². The fraction of sp³-hybridized carbons (Fsp3) is 0.312. The van der Waals surface area contributed by atoms with Crippen molar-refractivity contribution in [2.45, 2.75) is 12.5 Å². The Morgan fingerprint density at radius 3 is 3.00 bits per heavy atom. The summed E-state index contributed by atoms with van der Waals surface area (Å²) in [6, 6.07) is 8.29. The summed E-state index contributed by atoms with van der Waals surface area (Å²) in [5, 5.41) is 4.32. The third-order valence-corrected chi connectivity index (χ3v) is 5.82. The average molecular weight is 363 g/mol. The number of rotatable bonds is 2. The molecule has 3 nitrogen and oxygen atoms in total. The Hall–Kier alpha value is -1.17. The van der Waals surface area contributed by atoms with Crippen LogP contribution in [0.5, 0.6) is 0 Å². The highest BCUT2D eigenvalue weighted by Crippen LogP contribution is 2.29. The molecular formula is C16H15BrN2OS. The standard InChI is InChI=1S/C16H15BrN2OS/c17-12-2-1-11-7-15(21-14(11)8-12)16(20)18-13-9-19-5-3-10(13)4-6-19/h1-3,7-8,13H,4-6,9H2,(H,18,20)/t13-/m0/s1. The van der Waals surface area contributed by atoms with Crippen LogP contribution >= 0.6 is 27.3 Å². The van der Waals surface area contributed by atoms with E-state index in [0.29, 0.717) is 0 Å².